The van der Waals surface area contributed by atoms with Gasteiger partial charge in [0.15, 0.2) is 0 Å². The summed E-state index contributed by atoms with van der Waals surface area (Å²) >= 11 is 0. The third kappa shape index (κ3) is 2.97. The molecule has 1 heterocycles. The van der Waals surface area contributed by atoms with Crippen LogP contribution in [0.4, 0.5) is 14.5 Å². The first-order chi connectivity index (χ1) is 11.9. The van der Waals surface area contributed by atoms with E-state index in [2.05, 4.69) is 0 Å². The van der Waals surface area contributed by atoms with Gasteiger partial charge in [-0.15, -0.1) is 0 Å². The van der Waals surface area contributed by atoms with Gasteiger partial charge in [0.25, 0.3) is 10.0 Å². The summed E-state index contributed by atoms with van der Waals surface area (Å²) in [6.07, 6.45) is 0.960. The Morgan fingerprint density at radius 2 is 1.96 bits per heavy atom. The second-order valence-corrected chi connectivity index (χ2v) is 7.38. The zero-order chi connectivity index (χ0) is 18.2. The molecule has 0 bridgehead atoms. The Morgan fingerprint density at radius 3 is 2.64 bits per heavy atom. The average Bonchev–Trinajstić information content (AvgIpc) is 2.59. The average molecular weight is 367 g/mol. The number of fused-ring (bicyclic) bond motifs is 1. The number of benzene rings is 2. The maximum atomic E-state index is 14.0. The minimum Gasteiger partial charge on any atom is -0.465 e. The van der Waals surface area contributed by atoms with E-state index in [0.717, 1.165) is 16.4 Å². The molecule has 0 saturated heterocycles. The number of hydrogen-bond acceptors (Lipinski definition) is 4. The van der Waals surface area contributed by atoms with Crippen LogP contribution in [0.1, 0.15) is 22.3 Å². The van der Waals surface area contributed by atoms with Crippen molar-refractivity contribution in [1.82, 2.24) is 0 Å². The third-order valence-electron chi connectivity index (χ3n) is 4.08. The number of nitrogens with zero attached hydrogens (tertiary/aromatic N) is 1. The van der Waals surface area contributed by atoms with E-state index in [9.17, 15) is 22.0 Å². The van der Waals surface area contributed by atoms with Crippen LogP contribution in [0.15, 0.2) is 41.3 Å². The molecule has 0 aromatic heterocycles. The Labute approximate surface area is 143 Å². The fraction of sp³-hybridized carbons (Fsp3) is 0.235. The van der Waals surface area contributed by atoms with Gasteiger partial charge in [0.2, 0.25) is 0 Å². The second-order valence-electron chi connectivity index (χ2n) is 5.55. The summed E-state index contributed by atoms with van der Waals surface area (Å²) in [5.41, 5.74) is 1.11. The number of carbonyl (C=O) groups excluding carboxylic acids is 1. The molecule has 0 unspecified atom stereocenters. The molecule has 132 valence electrons. The van der Waals surface area contributed by atoms with Gasteiger partial charge in [-0.1, -0.05) is 6.07 Å². The van der Waals surface area contributed by atoms with Gasteiger partial charge in [-0.2, -0.15) is 0 Å². The Hall–Kier alpha value is -2.48. The van der Waals surface area contributed by atoms with Gasteiger partial charge in [-0.25, -0.2) is 22.0 Å². The molecule has 1 aliphatic rings. The molecule has 0 amide bonds. The van der Waals surface area contributed by atoms with Crippen LogP contribution in [0, 0.1) is 11.6 Å². The van der Waals surface area contributed by atoms with E-state index >= 15 is 0 Å². The van der Waals surface area contributed by atoms with Crippen molar-refractivity contribution in [3.8, 4) is 0 Å². The summed E-state index contributed by atoms with van der Waals surface area (Å²) in [5, 5.41) is 0. The molecule has 3 rings (SSSR count). The lowest BCUT2D eigenvalue weighted by Crippen LogP contribution is -2.36. The van der Waals surface area contributed by atoms with Crippen LogP contribution < -0.4 is 4.31 Å². The number of esters is 1. The Bertz CT molecular complexity index is 944. The summed E-state index contributed by atoms with van der Waals surface area (Å²) in [4.78, 5) is 11.3. The van der Waals surface area contributed by atoms with Gasteiger partial charge in [0.1, 0.15) is 16.5 Å². The van der Waals surface area contributed by atoms with Crippen LogP contribution in [0.5, 0.6) is 0 Å². The maximum absolute atomic E-state index is 14.0. The highest BCUT2D eigenvalue weighted by atomic mass is 32.2. The molecule has 0 saturated carbocycles. The molecule has 2 aromatic carbocycles. The van der Waals surface area contributed by atoms with Crippen molar-refractivity contribution in [3.05, 3.63) is 59.2 Å². The largest absolute Gasteiger partial charge is 0.465 e. The molecule has 1 aliphatic heterocycles. The van der Waals surface area contributed by atoms with Crippen molar-refractivity contribution < 1.29 is 26.7 Å². The van der Waals surface area contributed by atoms with E-state index in [4.69, 9.17) is 4.74 Å². The van der Waals surface area contributed by atoms with Crippen LogP contribution in [-0.2, 0) is 21.2 Å². The van der Waals surface area contributed by atoms with Crippen LogP contribution >= 0.6 is 0 Å². The van der Waals surface area contributed by atoms with Crippen LogP contribution in [0.2, 0.25) is 0 Å². The predicted octanol–water partition coefficient (Wildman–Crippen LogP) is 2.89. The summed E-state index contributed by atoms with van der Waals surface area (Å²) < 4.78 is 58.7. The highest BCUT2D eigenvalue weighted by Gasteiger charge is 2.33. The van der Waals surface area contributed by atoms with Gasteiger partial charge in [0.05, 0.1) is 18.4 Å². The van der Waals surface area contributed by atoms with E-state index in [1.165, 1.54) is 7.11 Å². The minimum atomic E-state index is -4.23. The lowest BCUT2D eigenvalue weighted by Gasteiger charge is -2.31. The van der Waals surface area contributed by atoms with Crippen molar-refractivity contribution >= 4 is 21.7 Å². The molecule has 2 aromatic rings. The smallest absolute Gasteiger partial charge is 0.338 e. The lowest BCUT2D eigenvalue weighted by atomic mass is 9.98. The maximum Gasteiger partial charge on any atom is 0.338 e. The SMILES string of the molecule is COC(=O)c1cccc2c1CCCN2S(=O)(=O)c1ccc(F)cc1F. The number of ether oxygens (including phenoxy) is 1. The van der Waals surface area contributed by atoms with Gasteiger partial charge in [-0.05, 0) is 42.7 Å². The number of hydrogen-bond donors (Lipinski definition) is 0. The van der Waals surface area contributed by atoms with Crippen molar-refractivity contribution in [1.29, 1.82) is 0 Å². The fourth-order valence-electron chi connectivity index (χ4n) is 2.94. The van der Waals surface area contributed by atoms with E-state index < -0.39 is 32.5 Å². The second kappa shape index (κ2) is 6.44. The summed E-state index contributed by atoms with van der Waals surface area (Å²) in [7, 11) is -2.99. The van der Waals surface area contributed by atoms with Crippen molar-refractivity contribution in [2.24, 2.45) is 0 Å². The number of rotatable bonds is 3. The zero-order valence-corrected chi connectivity index (χ0v) is 14.1. The fourth-order valence-corrected chi connectivity index (χ4v) is 4.53. The molecule has 25 heavy (non-hydrogen) atoms. The standard InChI is InChI=1S/C17H15F2NO4S/c1-24-17(21)13-4-2-6-15-12(13)5-3-9-20(15)25(22,23)16-8-7-11(18)10-14(16)19/h2,4,6-8,10H,3,5,9H2,1H3. The molecular formula is C17H15F2NO4S. The number of sulfonamides is 1. The Kier molecular flexibility index (Phi) is 4.47. The van der Waals surface area contributed by atoms with Gasteiger partial charge < -0.3 is 4.74 Å². The van der Waals surface area contributed by atoms with Gasteiger partial charge in [-0.3, -0.25) is 4.31 Å². The molecule has 8 heteroatoms. The summed E-state index contributed by atoms with van der Waals surface area (Å²) in [6, 6.07) is 6.98. The van der Waals surface area contributed by atoms with E-state index in [1.54, 1.807) is 18.2 Å². The molecule has 0 fully saturated rings. The minimum absolute atomic E-state index is 0.136. The quantitative estimate of drug-likeness (QED) is 0.783. The summed E-state index contributed by atoms with van der Waals surface area (Å²) in [5.74, 6) is -2.58. The number of anilines is 1. The first kappa shape index (κ1) is 17.3. The normalized spacial score (nSPS) is 14.1. The monoisotopic (exact) mass is 367 g/mol. The first-order valence-electron chi connectivity index (χ1n) is 7.54. The molecule has 5 nitrogen and oxygen atoms in total. The number of carbonyl (C=O) groups is 1. The van der Waals surface area contributed by atoms with Crippen LogP contribution in [0.3, 0.4) is 0 Å². The highest BCUT2D eigenvalue weighted by molar-refractivity contribution is 7.92. The van der Waals surface area contributed by atoms with Crippen LogP contribution in [0.25, 0.3) is 0 Å². The van der Waals surface area contributed by atoms with Crippen LogP contribution in [-0.4, -0.2) is 28.0 Å². The van der Waals surface area contributed by atoms with E-state index in [-0.39, 0.29) is 12.1 Å². The van der Waals surface area contributed by atoms with Gasteiger partial charge in [0, 0.05) is 12.6 Å². The Balaban J connectivity index is 2.13. The van der Waals surface area contributed by atoms with Crippen molar-refractivity contribution in [2.45, 2.75) is 17.7 Å². The Morgan fingerprint density at radius 1 is 1.20 bits per heavy atom. The molecule has 0 spiro atoms. The zero-order valence-electron chi connectivity index (χ0n) is 13.3. The van der Waals surface area contributed by atoms with Crippen molar-refractivity contribution in [3.63, 3.8) is 0 Å². The molecule has 0 N–H and O–H groups in total. The molecular weight excluding hydrogens is 352 g/mol. The van der Waals surface area contributed by atoms with E-state index in [0.29, 0.717) is 30.2 Å². The topological polar surface area (TPSA) is 63.7 Å². The molecule has 0 aliphatic carbocycles. The number of methoxy groups -OCH3 is 1. The first-order valence-corrected chi connectivity index (χ1v) is 8.98. The lowest BCUT2D eigenvalue weighted by molar-refractivity contribution is 0.0599. The van der Waals surface area contributed by atoms with E-state index in [1.807, 2.05) is 0 Å². The van der Waals surface area contributed by atoms with Crippen molar-refractivity contribution in [2.75, 3.05) is 18.0 Å². The molecule has 0 radical (unpaired) electrons. The number of halogens is 2. The molecule has 0 atom stereocenters. The summed E-state index contributed by atoms with van der Waals surface area (Å²) in [6.45, 7) is 0.136. The highest BCUT2D eigenvalue weighted by Crippen LogP contribution is 2.34. The predicted molar refractivity (Wildman–Crippen MR) is 87.0 cm³/mol. The third-order valence-corrected chi connectivity index (χ3v) is 5.92. The van der Waals surface area contributed by atoms with Gasteiger partial charge >= 0.3 is 5.97 Å².